The van der Waals surface area contributed by atoms with Crippen molar-refractivity contribution in [2.75, 3.05) is 4.90 Å². The van der Waals surface area contributed by atoms with E-state index in [1.165, 1.54) is 143 Å². The summed E-state index contributed by atoms with van der Waals surface area (Å²) in [4.78, 5) is 3.94. The largest absolute Gasteiger partial charge is 0.375 e. The van der Waals surface area contributed by atoms with Gasteiger partial charge < -0.3 is 13.9 Å². The number of nitrogens with zero attached hydrogens (tertiary/aromatic N) is 3. The Morgan fingerprint density at radius 3 is 1.78 bits per heavy atom. The van der Waals surface area contributed by atoms with Crippen LogP contribution in [-0.4, -0.2) is 15.9 Å². The lowest BCUT2D eigenvalue weighted by Crippen LogP contribution is -2.55. The fraction of sp³-hybridized carbons (Fsp3) is 0.103. The predicted octanol–water partition coefficient (Wildman–Crippen LogP) is 14.6. The smallest absolute Gasteiger partial charge is 0.333 e. The first-order valence-electron chi connectivity index (χ1n) is 22.1. The van der Waals surface area contributed by atoms with Crippen LogP contribution in [-0.2, 0) is 0 Å². The number of para-hydroxylation sites is 3. The highest BCUT2D eigenvalue weighted by Crippen LogP contribution is 2.52. The quantitative estimate of drug-likeness (QED) is 0.161. The Labute approximate surface area is 372 Å². The molecule has 0 atom stereocenters. The molecule has 2 aliphatic rings. The molecule has 2 aliphatic heterocycles. The Morgan fingerprint density at radius 2 is 1.08 bits per heavy atom. The van der Waals surface area contributed by atoms with Crippen LogP contribution in [0.4, 0.5) is 17.1 Å². The van der Waals surface area contributed by atoms with Crippen molar-refractivity contribution >= 4 is 89.8 Å². The molecule has 11 aromatic rings. The standard InChI is InChI=1S/C58H44BN3S/c1-33-25-35(3)52(36(4)26-33)39-15-14-18-42(29-39)61-49-30-40(53-37(5)27-34(2)28-38(53)6)23-24-46(49)59-56-51(61)32-63-58(56)45-31-50-54(55-44-20-11-13-22-48(44)62(59)57(45)55)43-19-10-12-21-47(43)60(50)41-16-8-7-9-17-41/h7-32H,1-6H3. The number of benzene rings is 8. The summed E-state index contributed by atoms with van der Waals surface area (Å²) in [5.74, 6) is 0. The number of hydrogen-bond donors (Lipinski definition) is 0. The molecule has 0 aliphatic carbocycles. The van der Waals surface area contributed by atoms with Crippen LogP contribution in [0.1, 0.15) is 33.4 Å². The van der Waals surface area contributed by atoms with Gasteiger partial charge in [-0.1, -0.05) is 114 Å². The van der Waals surface area contributed by atoms with Gasteiger partial charge in [-0.25, -0.2) is 0 Å². The highest BCUT2D eigenvalue weighted by Gasteiger charge is 2.44. The van der Waals surface area contributed by atoms with E-state index in [0.29, 0.717) is 0 Å². The third-order valence-electron chi connectivity index (χ3n) is 14.1. The number of thiophene rings is 1. The summed E-state index contributed by atoms with van der Waals surface area (Å²) >= 11 is 1.90. The molecule has 3 aromatic heterocycles. The second kappa shape index (κ2) is 13.2. The van der Waals surface area contributed by atoms with Crippen LogP contribution in [0.25, 0.3) is 82.0 Å². The van der Waals surface area contributed by atoms with Crippen molar-refractivity contribution in [1.29, 1.82) is 0 Å². The van der Waals surface area contributed by atoms with E-state index in [2.05, 4.69) is 213 Å². The first-order chi connectivity index (χ1) is 30.7. The molecule has 8 aromatic carbocycles. The van der Waals surface area contributed by atoms with Crippen molar-refractivity contribution in [2.45, 2.75) is 41.5 Å². The van der Waals surface area contributed by atoms with Crippen LogP contribution >= 0.6 is 11.3 Å². The van der Waals surface area contributed by atoms with Crippen molar-refractivity contribution < 1.29 is 0 Å². The van der Waals surface area contributed by atoms with E-state index in [-0.39, 0.29) is 6.85 Å². The fourth-order valence-corrected chi connectivity index (χ4v) is 13.1. The summed E-state index contributed by atoms with van der Waals surface area (Å²) in [6.07, 6.45) is 0. The Balaban J connectivity index is 1.15. The second-order valence-corrected chi connectivity index (χ2v) is 19.0. The van der Waals surface area contributed by atoms with Crippen LogP contribution < -0.4 is 15.8 Å². The summed E-state index contributed by atoms with van der Waals surface area (Å²) in [5.41, 5.74) is 26.9. The normalized spacial score (nSPS) is 12.9. The molecule has 3 nitrogen and oxygen atoms in total. The van der Waals surface area contributed by atoms with Crippen LogP contribution in [0.5, 0.6) is 0 Å². The molecule has 63 heavy (non-hydrogen) atoms. The van der Waals surface area contributed by atoms with Crippen LogP contribution in [0.15, 0.2) is 157 Å². The summed E-state index contributed by atoms with van der Waals surface area (Å²) in [5, 5.41) is 7.69. The number of aromatic nitrogens is 2. The molecule has 5 heterocycles. The zero-order valence-electron chi connectivity index (χ0n) is 36.3. The van der Waals surface area contributed by atoms with Gasteiger partial charge in [0.25, 0.3) is 0 Å². The average Bonchev–Trinajstić information content (AvgIpc) is 3.96. The summed E-state index contributed by atoms with van der Waals surface area (Å²) in [7, 11) is 0. The van der Waals surface area contributed by atoms with Gasteiger partial charge in [0.2, 0.25) is 0 Å². The molecule has 0 saturated heterocycles. The molecule has 0 fully saturated rings. The topological polar surface area (TPSA) is 13.1 Å². The number of fused-ring (bicyclic) bond motifs is 11. The first kappa shape index (κ1) is 36.6. The number of rotatable bonds is 4. The lowest BCUT2D eigenvalue weighted by atomic mass is 9.46. The molecule has 0 N–H and O–H groups in total. The maximum atomic E-state index is 2.71. The molecular weight excluding hydrogens is 782 g/mol. The summed E-state index contributed by atoms with van der Waals surface area (Å²) in [6, 6.07) is 57.5. The molecule has 5 heteroatoms. The molecule has 0 spiro atoms. The zero-order chi connectivity index (χ0) is 42.4. The van der Waals surface area contributed by atoms with E-state index in [4.69, 9.17) is 0 Å². The highest BCUT2D eigenvalue weighted by atomic mass is 32.1. The van der Waals surface area contributed by atoms with E-state index in [0.717, 1.165) is 0 Å². The van der Waals surface area contributed by atoms with Gasteiger partial charge in [-0.2, -0.15) is 0 Å². The van der Waals surface area contributed by atoms with Gasteiger partial charge in [0, 0.05) is 65.5 Å². The molecular formula is C58H44BN3S. The third-order valence-corrected chi connectivity index (χ3v) is 15.1. The number of aryl methyl sites for hydroxylation is 6. The Bertz CT molecular complexity index is 3720. The molecule has 0 amide bonds. The molecule has 0 unspecified atom stereocenters. The minimum absolute atomic E-state index is 0.0126. The van der Waals surface area contributed by atoms with Crippen molar-refractivity contribution in [3.8, 4) is 38.4 Å². The SMILES string of the molecule is Cc1cc(C)c(-c2cccc(N3c4cc(-c5c(C)cc(C)cc5C)ccc4B4c5c3csc5-c3cc5c(c6ccccc6n5-c5ccccc5)c5c6ccccc6n4c35)c2)c(C)c1. The van der Waals surface area contributed by atoms with Crippen molar-refractivity contribution in [2.24, 2.45) is 0 Å². The van der Waals surface area contributed by atoms with Crippen molar-refractivity contribution in [1.82, 2.24) is 9.05 Å². The molecule has 0 saturated carbocycles. The predicted molar refractivity (Wildman–Crippen MR) is 271 cm³/mol. The van der Waals surface area contributed by atoms with Crippen molar-refractivity contribution in [3.63, 3.8) is 0 Å². The van der Waals surface area contributed by atoms with Crippen LogP contribution in [0.2, 0.25) is 0 Å². The van der Waals surface area contributed by atoms with E-state index < -0.39 is 0 Å². The van der Waals surface area contributed by atoms with Crippen molar-refractivity contribution in [3.05, 3.63) is 190 Å². The summed E-state index contributed by atoms with van der Waals surface area (Å²) < 4.78 is 5.19. The van der Waals surface area contributed by atoms with E-state index in [1.54, 1.807) is 0 Å². The number of anilines is 3. The van der Waals surface area contributed by atoms with Crippen LogP contribution in [0, 0.1) is 41.5 Å². The second-order valence-electron chi connectivity index (χ2n) is 18.1. The van der Waals surface area contributed by atoms with Crippen LogP contribution in [0.3, 0.4) is 0 Å². The minimum atomic E-state index is -0.0126. The lowest BCUT2D eigenvalue weighted by Gasteiger charge is -2.38. The minimum Gasteiger partial charge on any atom is -0.375 e. The Kier molecular flexibility index (Phi) is 7.67. The number of hydrogen-bond acceptors (Lipinski definition) is 2. The van der Waals surface area contributed by atoms with E-state index in [9.17, 15) is 0 Å². The highest BCUT2D eigenvalue weighted by molar-refractivity contribution is 7.17. The lowest BCUT2D eigenvalue weighted by molar-refractivity contribution is 1.18. The van der Waals surface area contributed by atoms with Gasteiger partial charge in [-0.3, -0.25) is 0 Å². The molecule has 0 radical (unpaired) electrons. The molecule has 0 bridgehead atoms. The summed E-state index contributed by atoms with van der Waals surface area (Å²) in [6.45, 7) is 13.4. The maximum Gasteiger partial charge on any atom is 0.333 e. The first-order valence-corrected chi connectivity index (χ1v) is 23.0. The maximum absolute atomic E-state index is 2.71. The third kappa shape index (κ3) is 5.03. The van der Waals surface area contributed by atoms with E-state index >= 15 is 0 Å². The molecule has 300 valence electrons. The van der Waals surface area contributed by atoms with Gasteiger partial charge in [-0.05, 0) is 146 Å². The van der Waals surface area contributed by atoms with Gasteiger partial charge in [0.15, 0.2) is 0 Å². The zero-order valence-corrected chi connectivity index (χ0v) is 37.2. The Hall–Kier alpha value is -7.08. The van der Waals surface area contributed by atoms with E-state index in [1.807, 2.05) is 11.3 Å². The van der Waals surface area contributed by atoms with Gasteiger partial charge >= 0.3 is 6.85 Å². The molecule has 13 rings (SSSR count). The van der Waals surface area contributed by atoms with Gasteiger partial charge in [0.1, 0.15) is 0 Å². The fourth-order valence-electron chi connectivity index (χ4n) is 12.0. The van der Waals surface area contributed by atoms with Gasteiger partial charge in [-0.15, -0.1) is 11.3 Å². The monoisotopic (exact) mass is 825 g/mol. The average molecular weight is 826 g/mol. The Morgan fingerprint density at radius 1 is 0.476 bits per heavy atom. The van der Waals surface area contributed by atoms with Gasteiger partial charge in [0.05, 0.1) is 16.7 Å².